The molecule has 9 nitrogen and oxygen atoms in total. The summed E-state index contributed by atoms with van der Waals surface area (Å²) in [5.74, 6) is -1.34. The molecule has 1 saturated heterocycles. The highest BCUT2D eigenvalue weighted by Crippen LogP contribution is 2.14. The largest absolute Gasteiger partial charge is 0.456 e. The van der Waals surface area contributed by atoms with Crippen LogP contribution in [0.15, 0.2) is 0 Å². The van der Waals surface area contributed by atoms with E-state index >= 15 is 0 Å². The fraction of sp³-hybridized carbons (Fsp3) is 0.643. The molecule has 132 valence electrons. The molecule has 2 amide bonds. The van der Waals surface area contributed by atoms with Crippen molar-refractivity contribution >= 4 is 34.3 Å². The number of anilines is 1. The van der Waals surface area contributed by atoms with Crippen LogP contribution in [0.2, 0.25) is 0 Å². The molecule has 24 heavy (non-hydrogen) atoms. The van der Waals surface area contributed by atoms with Crippen LogP contribution in [0.25, 0.3) is 0 Å². The molecule has 1 aromatic rings. The highest BCUT2D eigenvalue weighted by molar-refractivity contribution is 7.15. The van der Waals surface area contributed by atoms with Gasteiger partial charge in [-0.25, -0.2) is 0 Å². The van der Waals surface area contributed by atoms with Gasteiger partial charge in [0.25, 0.3) is 5.91 Å². The molecule has 2 heterocycles. The zero-order valence-corrected chi connectivity index (χ0v) is 14.2. The van der Waals surface area contributed by atoms with E-state index in [4.69, 9.17) is 9.47 Å². The van der Waals surface area contributed by atoms with Gasteiger partial charge in [-0.2, -0.15) is 0 Å². The first-order valence-electron chi connectivity index (χ1n) is 7.67. The van der Waals surface area contributed by atoms with Crippen LogP contribution in [0.4, 0.5) is 5.13 Å². The summed E-state index contributed by atoms with van der Waals surface area (Å²) >= 11 is 1.25. The lowest BCUT2D eigenvalue weighted by atomic mass is 10.2. The molecule has 0 spiro atoms. The van der Waals surface area contributed by atoms with E-state index in [0.29, 0.717) is 18.3 Å². The average molecular weight is 356 g/mol. The van der Waals surface area contributed by atoms with Crippen molar-refractivity contribution < 1.29 is 23.9 Å². The summed E-state index contributed by atoms with van der Waals surface area (Å²) in [6.07, 6.45) is 1.80. The number of ether oxygens (including phenoxy) is 2. The smallest absolute Gasteiger partial charge is 0.306 e. The monoisotopic (exact) mass is 356 g/mol. The molecule has 10 heteroatoms. The summed E-state index contributed by atoms with van der Waals surface area (Å²) in [4.78, 5) is 34.7. The normalized spacial score (nSPS) is 16.6. The van der Waals surface area contributed by atoms with Crippen molar-refractivity contribution in [3.05, 3.63) is 5.01 Å². The Morgan fingerprint density at radius 2 is 2.12 bits per heavy atom. The molecule has 1 fully saturated rings. The number of carbonyl (C=O) groups excluding carboxylic acids is 3. The van der Waals surface area contributed by atoms with Crippen LogP contribution in [0, 0.1) is 6.92 Å². The fourth-order valence-electron chi connectivity index (χ4n) is 2.05. The number of hydrogen-bond acceptors (Lipinski definition) is 8. The highest BCUT2D eigenvalue weighted by atomic mass is 32.1. The molecule has 1 aromatic heterocycles. The van der Waals surface area contributed by atoms with Gasteiger partial charge in [-0.15, -0.1) is 10.2 Å². The minimum absolute atomic E-state index is 0.0392. The Bertz CT molecular complexity index is 585. The van der Waals surface area contributed by atoms with E-state index in [1.807, 2.05) is 0 Å². The van der Waals surface area contributed by atoms with Gasteiger partial charge >= 0.3 is 5.97 Å². The van der Waals surface area contributed by atoms with Gasteiger partial charge in [0.1, 0.15) is 5.01 Å². The first kappa shape index (κ1) is 18.3. The summed E-state index contributed by atoms with van der Waals surface area (Å²) in [7, 11) is 0. The molecule has 1 atom stereocenters. The maximum Gasteiger partial charge on any atom is 0.306 e. The second kappa shape index (κ2) is 9.28. The topological polar surface area (TPSA) is 120 Å². The summed E-state index contributed by atoms with van der Waals surface area (Å²) in [6.45, 7) is 2.55. The van der Waals surface area contributed by atoms with Crippen molar-refractivity contribution in [3.8, 4) is 0 Å². The van der Waals surface area contributed by atoms with Crippen LogP contribution >= 0.6 is 11.3 Å². The van der Waals surface area contributed by atoms with Gasteiger partial charge in [0.15, 0.2) is 6.61 Å². The molecule has 0 unspecified atom stereocenters. The van der Waals surface area contributed by atoms with Crippen molar-refractivity contribution in [1.29, 1.82) is 0 Å². The van der Waals surface area contributed by atoms with E-state index in [0.717, 1.165) is 17.8 Å². The van der Waals surface area contributed by atoms with Gasteiger partial charge in [-0.3, -0.25) is 14.4 Å². The third-order valence-corrected chi connectivity index (χ3v) is 4.00. The zero-order chi connectivity index (χ0) is 17.4. The van der Waals surface area contributed by atoms with Crippen molar-refractivity contribution in [2.75, 3.05) is 25.1 Å². The van der Waals surface area contributed by atoms with Crippen LogP contribution in [-0.4, -0.2) is 53.8 Å². The van der Waals surface area contributed by atoms with Gasteiger partial charge in [-0.05, 0) is 19.8 Å². The summed E-state index contributed by atoms with van der Waals surface area (Å²) in [6, 6.07) is 0. The van der Waals surface area contributed by atoms with Crippen LogP contribution in [0.1, 0.15) is 30.7 Å². The van der Waals surface area contributed by atoms with Gasteiger partial charge in [0, 0.05) is 19.6 Å². The molecule has 2 N–H and O–H groups in total. The molecule has 2 rings (SSSR count). The minimum atomic E-state index is -0.606. The Morgan fingerprint density at radius 1 is 1.29 bits per heavy atom. The quantitative estimate of drug-likeness (QED) is 0.647. The Labute approximate surface area is 143 Å². The Hall–Kier alpha value is -2.07. The molecule has 0 radical (unpaired) electrons. The van der Waals surface area contributed by atoms with Crippen molar-refractivity contribution in [2.45, 2.75) is 38.7 Å². The first-order valence-corrected chi connectivity index (χ1v) is 8.48. The standard InChI is InChI=1S/C14H20N4O5S/c1-9-17-18-14(24-9)16-11(19)4-5-13(21)23-8-12(20)15-7-10-3-2-6-22-10/h10H,2-8H2,1H3,(H,15,20)(H,16,18,19)/t10-/m0/s1. The Morgan fingerprint density at radius 3 is 2.79 bits per heavy atom. The number of amides is 2. The molecule has 0 aromatic carbocycles. The minimum Gasteiger partial charge on any atom is -0.456 e. The lowest BCUT2D eigenvalue weighted by Gasteiger charge is -2.10. The van der Waals surface area contributed by atoms with Crippen LogP contribution in [0.5, 0.6) is 0 Å². The molecule has 0 aliphatic carbocycles. The predicted octanol–water partition coefficient (Wildman–Crippen LogP) is 0.404. The van der Waals surface area contributed by atoms with Gasteiger partial charge < -0.3 is 20.1 Å². The van der Waals surface area contributed by atoms with E-state index in [1.165, 1.54) is 11.3 Å². The number of aryl methyl sites for hydroxylation is 1. The molecule has 0 saturated carbocycles. The predicted molar refractivity (Wildman–Crippen MR) is 85.5 cm³/mol. The van der Waals surface area contributed by atoms with Crippen LogP contribution in [0.3, 0.4) is 0 Å². The lowest BCUT2D eigenvalue weighted by molar-refractivity contribution is -0.149. The van der Waals surface area contributed by atoms with Crippen molar-refractivity contribution in [3.63, 3.8) is 0 Å². The second-order valence-corrected chi connectivity index (χ2v) is 6.46. The summed E-state index contributed by atoms with van der Waals surface area (Å²) < 4.78 is 10.2. The van der Waals surface area contributed by atoms with Crippen LogP contribution in [-0.2, 0) is 23.9 Å². The number of esters is 1. The van der Waals surface area contributed by atoms with Gasteiger partial charge in [-0.1, -0.05) is 11.3 Å². The highest BCUT2D eigenvalue weighted by Gasteiger charge is 2.17. The molecule has 1 aliphatic rings. The Kier molecular flexibility index (Phi) is 7.07. The van der Waals surface area contributed by atoms with Crippen molar-refractivity contribution in [2.24, 2.45) is 0 Å². The number of nitrogens with one attached hydrogen (secondary N) is 2. The molecule has 0 bridgehead atoms. The number of aromatic nitrogens is 2. The third-order valence-electron chi connectivity index (χ3n) is 3.24. The Balaban J connectivity index is 1.55. The van der Waals surface area contributed by atoms with Gasteiger partial charge in [0.05, 0.1) is 12.5 Å². The first-order chi connectivity index (χ1) is 11.5. The summed E-state index contributed by atoms with van der Waals surface area (Å²) in [5, 5.41) is 13.8. The molecular weight excluding hydrogens is 336 g/mol. The fourth-order valence-corrected chi connectivity index (χ4v) is 2.65. The van der Waals surface area contributed by atoms with E-state index in [-0.39, 0.29) is 37.4 Å². The zero-order valence-electron chi connectivity index (χ0n) is 13.4. The number of rotatable bonds is 8. The third kappa shape index (κ3) is 6.59. The second-order valence-electron chi connectivity index (χ2n) is 5.27. The SMILES string of the molecule is Cc1nnc(NC(=O)CCC(=O)OCC(=O)NC[C@@H]2CCCO2)s1. The van der Waals surface area contributed by atoms with Gasteiger partial charge in [0.2, 0.25) is 11.0 Å². The summed E-state index contributed by atoms with van der Waals surface area (Å²) in [5.41, 5.74) is 0. The van der Waals surface area contributed by atoms with E-state index in [9.17, 15) is 14.4 Å². The lowest BCUT2D eigenvalue weighted by Crippen LogP contribution is -2.34. The van der Waals surface area contributed by atoms with Crippen molar-refractivity contribution in [1.82, 2.24) is 15.5 Å². The maximum atomic E-state index is 11.6. The van der Waals surface area contributed by atoms with Crippen LogP contribution < -0.4 is 10.6 Å². The number of nitrogens with zero attached hydrogens (tertiary/aromatic N) is 2. The van der Waals surface area contributed by atoms with E-state index in [2.05, 4.69) is 20.8 Å². The number of carbonyl (C=O) groups is 3. The maximum absolute atomic E-state index is 11.6. The number of hydrogen-bond donors (Lipinski definition) is 2. The van der Waals surface area contributed by atoms with E-state index < -0.39 is 5.97 Å². The van der Waals surface area contributed by atoms with E-state index in [1.54, 1.807) is 6.92 Å². The average Bonchev–Trinajstić information content (AvgIpc) is 3.20. The molecular formula is C14H20N4O5S. The molecule has 1 aliphatic heterocycles.